The standard InChI is InChI=1S/C16H22N2O3S3/c1-2-14-3-4-16(23-14)24(19,20)17-11-15(13-5-8-21-12-13)18-6-9-22-10-7-18/h3-5,8,12,15,17H,2,6-7,9-11H2,1H3/t15-/m0/s1. The van der Waals surface area contributed by atoms with Crippen LogP contribution in [0.15, 0.2) is 39.4 Å². The highest BCUT2D eigenvalue weighted by Gasteiger charge is 2.26. The Kier molecular flexibility index (Phi) is 6.04. The van der Waals surface area contributed by atoms with Gasteiger partial charge in [0, 0.05) is 41.6 Å². The van der Waals surface area contributed by atoms with E-state index in [9.17, 15) is 8.42 Å². The molecule has 1 aliphatic rings. The highest BCUT2D eigenvalue weighted by molar-refractivity contribution is 7.99. The van der Waals surface area contributed by atoms with Crippen molar-refractivity contribution in [2.24, 2.45) is 0 Å². The lowest BCUT2D eigenvalue weighted by Crippen LogP contribution is -2.41. The van der Waals surface area contributed by atoms with Crippen LogP contribution in [0.1, 0.15) is 23.4 Å². The van der Waals surface area contributed by atoms with Crippen LogP contribution >= 0.6 is 23.1 Å². The maximum atomic E-state index is 12.6. The van der Waals surface area contributed by atoms with Crippen LogP contribution in [0.5, 0.6) is 0 Å². The van der Waals surface area contributed by atoms with Crippen molar-refractivity contribution < 1.29 is 12.8 Å². The van der Waals surface area contributed by atoms with Gasteiger partial charge in [0.15, 0.2) is 0 Å². The third kappa shape index (κ3) is 4.23. The van der Waals surface area contributed by atoms with Gasteiger partial charge in [-0.25, -0.2) is 13.1 Å². The van der Waals surface area contributed by atoms with Gasteiger partial charge < -0.3 is 4.42 Å². The van der Waals surface area contributed by atoms with Crippen molar-refractivity contribution in [1.82, 2.24) is 9.62 Å². The fourth-order valence-corrected chi connectivity index (χ4v) is 6.07. The van der Waals surface area contributed by atoms with Gasteiger partial charge in [-0.05, 0) is 24.6 Å². The Morgan fingerprint density at radius 3 is 2.71 bits per heavy atom. The number of furan rings is 1. The third-order valence-corrected chi connectivity index (χ3v) is 8.22. The summed E-state index contributed by atoms with van der Waals surface area (Å²) in [5, 5.41) is 0. The molecule has 0 spiro atoms. The molecule has 1 fully saturated rings. The molecule has 0 unspecified atom stereocenters. The zero-order valence-corrected chi connectivity index (χ0v) is 16.1. The average molecular weight is 387 g/mol. The minimum Gasteiger partial charge on any atom is -0.472 e. The van der Waals surface area contributed by atoms with Gasteiger partial charge in [-0.15, -0.1) is 11.3 Å². The van der Waals surface area contributed by atoms with Gasteiger partial charge in [0.05, 0.1) is 18.6 Å². The molecule has 1 atom stereocenters. The summed E-state index contributed by atoms with van der Waals surface area (Å²) in [7, 11) is -3.47. The molecule has 2 aromatic heterocycles. The fourth-order valence-electron chi connectivity index (χ4n) is 2.76. The number of thiophene rings is 1. The van der Waals surface area contributed by atoms with E-state index in [4.69, 9.17) is 4.42 Å². The van der Waals surface area contributed by atoms with Gasteiger partial charge in [0.25, 0.3) is 0 Å². The van der Waals surface area contributed by atoms with E-state index in [0.29, 0.717) is 10.8 Å². The second-order valence-corrected chi connectivity index (χ2v) is 10.0. The van der Waals surface area contributed by atoms with Crippen LogP contribution in [0.25, 0.3) is 0 Å². The monoisotopic (exact) mass is 386 g/mol. The lowest BCUT2D eigenvalue weighted by atomic mass is 10.1. The van der Waals surface area contributed by atoms with Crippen LogP contribution in [-0.2, 0) is 16.4 Å². The number of thioether (sulfide) groups is 1. The lowest BCUT2D eigenvalue weighted by Gasteiger charge is -2.33. The molecule has 5 nitrogen and oxygen atoms in total. The maximum absolute atomic E-state index is 12.6. The predicted octanol–water partition coefficient (Wildman–Crippen LogP) is 2.97. The molecule has 1 N–H and O–H groups in total. The molecule has 0 amide bonds. The molecule has 1 saturated heterocycles. The zero-order valence-electron chi connectivity index (χ0n) is 13.6. The van der Waals surface area contributed by atoms with Crippen molar-refractivity contribution in [2.45, 2.75) is 23.6 Å². The quantitative estimate of drug-likeness (QED) is 0.793. The number of hydrogen-bond donors (Lipinski definition) is 1. The van der Waals surface area contributed by atoms with E-state index in [1.807, 2.05) is 30.8 Å². The Balaban J connectivity index is 1.73. The predicted molar refractivity (Wildman–Crippen MR) is 99.2 cm³/mol. The smallest absolute Gasteiger partial charge is 0.250 e. The molecule has 2 aromatic rings. The van der Waals surface area contributed by atoms with E-state index in [0.717, 1.165) is 41.5 Å². The summed E-state index contributed by atoms with van der Waals surface area (Å²) in [6, 6.07) is 5.50. The minimum absolute atomic E-state index is 0.00466. The van der Waals surface area contributed by atoms with Gasteiger partial charge in [0.2, 0.25) is 10.0 Å². The minimum atomic E-state index is -3.47. The molecule has 0 aliphatic carbocycles. The van der Waals surface area contributed by atoms with Crippen molar-refractivity contribution in [3.8, 4) is 0 Å². The van der Waals surface area contributed by atoms with E-state index in [1.54, 1.807) is 18.6 Å². The molecule has 3 rings (SSSR count). The largest absolute Gasteiger partial charge is 0.472 e. The summed E-state index contributed by atoms with van der Waals surface area (Å²) in [5.74, 6) is 2.15. The third-order valence-electron chi connectivity index (χ3n) is 4.13. The van der Waals surface area contributed by atoms with E-state index < -0.39 is 10.0 Å². The number of nitrogens with one attached hydrogen (secondary N) is 1. The highest BCUT2D eigenvalue weighted by atomic mass is 32.2. The number of nitrogens with zero attached hydrogens (tertiary/aromatic N) is 1. The van der Waals surface area contributed by atoms with Gasteiger partial charge in [-0.3, -0.25) is 4.90 Å². The van der Waals surface area contributed by atoms with E-state index >= 15 is 0 Å². The normalized spacial score (nSPS) is 17.9. The van der Waals surface area contributed by atoms with Crippen LogP contribution in [-0.4, -0.2) is 44.5 Å². The molecule has 24 heavy (non-hydrogen) atoms. The number of aryl methyl sites for hydroxylation is 1. The molecule has 0 radical (unpaired) electrons. The summed E-state index contributed by atoms with van der Waals surface area (Å²) < 4.78 is 33.5. The Hall–Kier alpha value is -0.800. The summed E-state index contributed by atoms with van der Waals surface area (Å²) >= 11 is 3.28. The fraction of sp³-hybridized carbons (Fsp3) is 0.500. The summed E-state index contributed by atoms with van der Waals surface area (Å²) in [5.41, 5.74) is 1.02. The van der Waals surface area contributed by atoms with Gasteiger partial charge >= 0.3 is 0 Å². The van der Waals surface area contributed by atoms with Crippen molar-refractivity contribution in [2.75, 3.05) is 31.1 Å². The van der Waals surface area contributed by atoms with Crippen molar-refractivity contribution >= 4 is 33.1 Å². The first-order valence-corrected chi connectivity index (χ1v) is 11.5. The Morgan fingerprint density at radius 2 is 2.08 bits per heavy atom. The van der Waals surface area contributed by atoms with E-state index in [1.165, 1.54) is 11.3 Å². The molecule has 3 heterocycles. The first kappa shape index (κ1) is 18.0. The first-order valence-electron chi connectivity index (χ1n) is 8.02. The zero-order chi connectivity index (χ0) is 17.0. The van der Waals surface area contributed by atoms with E-state index in [-0.39, 0.29) is 6.04 Å². The van der Waals surface area contributed by atoms with Crippen LogP contribution in [0.3, 0.4) is 0 Å². The van der Waals surface area contributed by atoms with Crippen LogP contribution in [0.2, 0.25) is 0 Å². The summed E-state index contributed by atoms with van der Waals surface area (Å²) in [6.45, 7) is 4.30. The maximum Gasteiger partial charge on any atom is 0.250 e. The SMILES string of the molecule is CCc1ccc(S(=O)(=O)NC[C@@H](c2ccoc2)N2CCSCC2)s1. The molecule has 132 valence electrons. The summed E-state index contributed by atoms with van der Waals surface area (Å²) in [6.07, 6.45) is 4.20. The second-order valence-electron chi connectivity index (χ2n) is 5.65. The van der Waals surface area contributed by atoms with Crippen molar-refractivity contribution in [3.63, 3.8) is 0 Å². The molecule has 8 heteroatoms. The molecular formula is C16H22N2O3S3. The van der Waals surface area contributed by atoms with E-state index in [2.05, 4.69) is 9.62 Å². The van der Waals surface area contributed by atoms with Gasteiger partial charge in [-0.2, -0.15) is 11.8 Å². The van der Waals surface area contributed by atoms with Crippen LogP contribution in [0.4, 0.5) is 0 Å². The van der Waals surface area contributed by atoms with Crippen molar-refractivity contribution in [1.29, 1.82) is 0 Å². The Labute approximate surface area is 151 Å². The Morgan fingerprint density at radius 1 is 1.29 bits per heavy atom. The lowest BCUT2D eigenvalue weighted by molar-refractivity contribution is 0.218. The number of sulfonamides is 1. The van der Waals surface area contributed by atoms with Crippen molar-refractivity contribution in [3.05, 3.63) is 41.2 Å². The van der Waals surface area contributed by atoms with Gasteiger partial charge in [0.1, 0.15) is 4.21 Å². The Bertz CT molecular complexity index is 734. The molecule has 1 aliphatic heterocycles. The second kappa shape index (κ2) is 8.05. The summed E-state index contributed by atoms with van der Waals surface area (Å²) in [4.78, 5) is 3.41. The first-order chi connectivity index (χ1) is 11.6. The average Bonchev–Trinajstić information content (AvgIpc) is 3.28. The molecule has 0 bridgehead atoms. The number of rotatable bonds is 7. The van der Waals surface area contributed by atoms with Gasteiger partial charge in [-0.1, -0.05) is 6.92 Å². The molecule has 0 saturated carbocycles. The molecule has 0 aromatic carbocycles. The topological polar surface area (TPSA) is 62.6 Å². The van der Waals surface area contributed by atoms with Crippen LogP contribution < -0.4 is 4.72 Å². The molecular weight excluding hydrogens is 364 g/mol. The number of hydrogen-bond acceptors (Lipinski definition) is 6. The highest BCUT2D eigenvalue weighted by Crippen LogP contribution is 2.26. The van der Waals surface area contributed by atoms with Crippen LogP contribution in [0, 0.1) is 0 Å².